The number of halogens is 2. The molecule has 140 valence electrons. The lowest BCUT2D eigenvalue weighted by Gasteiger charge is -2.17. The molecule has 0 aliphatic carbocycles. The molecule has 26 heavy (non-hydrogen) atoms. The van der Waals surface area contributed by atoms with Crippen molar-refractivity contribution >= 4 is 35.7 Å². The van der Waals surface area contributed by atoms with E-state index in [1.807, 2.05) is 7.05 Å². The Morgan fingerprint density at radius 2 is 1.58 bits per heavy atom. The van der Waals surface area contributed by atoms with Crippen LogP contribution in [0, 0.1) is 0 Å². The molecule has 1 N–H and O–H groups in total. The maximum absolute atomic E-state index is 12.4. The number of nitrogens with one attached hydrogen (secondary N) is 1. The Balaban J connectivity index is 0.00000338. The van der Waals surface area contributed by atoms with Crippen LogP contribution in [0.2, 0.25) is 5.02 Å². The number of ketones is 1. The lowest BCUT2D eigenvalue weighted by atomic mass is 10.0. The first-order chi connectivity index (χ1) is 12.0. The first-order valence-electron chi connectivity index (χ1n) is 7.93. The number of hydrogen-bond acceptors (Lipinski definition) is 4. The Morgan fingerprint density at radius 1 is 1.04 bits per heavy atom. The first kappa shape index (κ1) is 22.0. The van der Waals surface area contributed by atoms with Crippen LogP contribution >= 0.6 is 24.0 Å². The lowest BCUT2D eigenvalue weighted by Crippen LogP contribution is -2.35. The van der Waals surface area contributed by atoms with Gasteiger partial charge in [0, 0.05) is 36.3 Å². The molecule has 0 spiro atoms. The van der Waals surface area contributed by atoms with Gasteiger partial charge in [0.25, 0.3) is 5.91 Å². The van der Waals surface area contributed by atoms with Gasteiger partial charge in [-0.3, -0.25) is 9.59 Å². The molecule has 1 amide bonds. The quantitative estimate of drug-likeness (QED) is 0.696. The third-order valence-corrected chi connectivity index (χ3v) is 3.96. The van der Waals surface area contributed by atoms with Crippen LogP contribution in [0.25, 0.3) is 0 Å². The molecule has 0 aliphatic rings. The molecule has 0 atom stereocenters. The van der Waals surface area contributed by atoms with Crippen LogP contribution < -0.4 is 10.1 Å². The summed E-state index contributed by atoms with van der Waals surface area (Å²) in [5.74, 6) is 0.352. The second-order valence-corrected chi connectivity index (χ2v) is 6.00. The molecule has 0 bridgehead atoms. The second kappa shape index (κ2) is 10.8. The predicted molar refractivity (Wildman–Crippen MR) is 106 cm³/mol. The normalized spacial score (nSPS) is 9.96. The number of benzene rings is 2. The average molecular weight is 397 g/mol. The van der Waals surface area contributed by atoms with E-state index in [2.05, 4.69) is 5.32 Å². The summed E-state index contributed by atoms with van der Waals surface area (Å²) in [5.41, 5.74) is 1.12. The number of hydrogen-bond donors (Lipinski definition) is 1. The van der Waals surface area contributed by atoms with Gasteiger partial charge in [0.1, 0.15) is 5.75 Å². The lowest BCUT2D eigenvalue weighted by molar-refractivity contribution is -0.131. The Bertz CT molecular complexity index is 719. The zero-order valence-corrected chi connectivity index (χ0v) is 16.3. The number of carbonyl (C=O) groups excluding carboxylic acids is 2. The van der Waals surface area contributed by atoms with Crippen molar-refractivity contribution in [2.24, 2.45) is 0 Å². The fourth-order valence-electron chi connectivity index (χ4n) is 2.13. The van der Waals surface area contributed by atoms with E-state index in [4.69, 9.17) is 16.3 Å². The topological polar surface area (TPSA) is 58.6 Å². The molecule has 0 unspecified atom stereocenters. The number of rotatable bonds is 8. The van der Waals surface area contributed by atoms with Gasteiger partial charge in [-0.05, 0) is 55.6 Å². The molecule has 0 radical (unpaired) electrons. The maximum Gasteiger partial charge on any atom is 0.260 e. The van der Waals surface area contributed by atoms with E-state index in [0.29, 0.717) is 28.4 Å². The summed E-state index contributed by atoms with van der Waals surface area (Å²) in [6.45, 7) is 1.31. The molecule has 0 fully saturated rings. The number of nitrogens with zero attached hydrogens (tertiary/aromatic N) is 1. The van der Waals surface area contributed by atoms with Crippen molar-refractivity contribution in [3.8, 4) is 5.75 Å². The minimum absolute atomic E-state index is 0. The van der Waals surface area contributed by atoms with E-state index in [0.717, 1.165) is 6.54 Å². The highest BCUT2D eigenvalue weighted by atomic mass is 35.5. The summed E-state index contributed by atoms with van der Waals surface area (Å²) in [6, 6.07) is 13.5. The van der Waals surface area contributed by atoms with Crippen molar-refractivity contribution in [3.63, 3.8) is 0 Å². The standard InChI is InChI=1S/C19H21ClN2O3.ClH/c1-21-11-12-22(2)18(23)13-25-17-9-5-15(6-10-17)19(24)14-3-7-16(20)8-4-14;/h3-10,21H,11-13H2,1-2H3;1H. The molecule has 0 saturated heterocycles. The summed E-state index contributed by atoms with van der Waals surface area (Å²) in [7, 11) is 3.57. The molecular weight excluding hydrogens is 375 g/mol. The van der Waals surface area contributed by atoms with E-state index in [1.54, 1.807) is 60.5 Å². The van der Waals surface area contributed by atoms with E-state index in [9.17, 15) is 9.59 Å². The van der Waals surface area contributed by atoms with Crippen LogP contribution in [-0.2, 0) is 4.79 Å². The van der Waals surface area contributed by atoms with Gasteiger partial charge in [0.2, 0.25) is 0 Å². The van der Waals surface area contributed by atoms with Gasteiger partial charge in [-0.15, -0.1) is 12.4 Å². The second-order valence-electron chi connectivity index (χ2n) is 5.57. The predicted octanol–water partition coefficient (Wildman–Crippen LogP) is 3.05. The first-order valence-corrected chi connectivity index (χ1v) is 8.30. The minimum atomic E-state index is -0.100. The van der Waals surface area contributed by atoms with Crippen LogP contribution in [0.5, 0.6) is 5.75 Å². The van der Waals surface area contributed by atoms with Crippen LogP contribution in [0.3, 0.4) is 0 Å². The molecular formula is C19H22Cl2N2O3. The summed E-state index contributed by atoms with van der Waals surface area (Å²) in [6.07, 6.45) is 0. The Hall–Kier alpha value is -2.08. The monoisotopic (exact) mass is 396 g/mol. The smallest absolute Gasteiger partial charge is 0.260 e. The summed E-state index contributed by atoms with van der Waals surface area (Å²) >= 11 is 5.83. The zero-order valence-electron chi connectivity index (χ0n) is 14.7. The van der Waals surface area contributed by atoms with Gasteiger partial charge in [0.15, 0.2) is 12.4 Å². The Kier molecular flexibility index (Phi) is 9.13. The molecule has 0 heterocycles. The molecule has 0 saturated carbocycles. The summed E-state index contributed by atoms with van der Waals surface area (Å²) in [4.78, 5) is 25.9. The van der Waals surface area contributed by atoms with E-state index in [-0.39, 0.29) is 30.7 Å². The van der Waals surface area contributed by atoms with Crippen molar-refractivity contribution in [2.75, 3.05) is 33.8 Å². The van der Waals surface area contributed by atoms with Crippen molar-refractivity contribution < 1.29 is 14.3 Å². The molecule has 5 nitrogen and oxygen atoms in total. The highest BCUT2D eigenvalue weighted by Gasteiger charge is 2.11. The number of likely N-dealkylation sites (N-methyl/N-ethyl adjacent to an activating group) is 2. The SMILES string of the molecule is CNCCN(C)C(=O)COc1ccc(C(=O)c2ccc(Cl)cc2)cc1.Cl. The minimum Gasteiger partial charge on any atom is -0.484 e. The number of carbonyl (C=O) groups is 2. The van der Waals surface area contributed by atoms with Crippen molar-refractivity contribution in [1.29, 1.82) is 0 Å². The van der Waals surface area contributed by atoms with Crippen molar-refractivity contribution in [2.45, 2.75) is 0 Å². The van der Waals surface area contributed by atoms with Crippen LogP contribution in [-0.4, -0.2) is 50.4 Å². The summed E-state index contributed by atoms with van der Waals surface area (Å²) < 4.78 is 5.48. The zero-order chi connectivity index (χ0) is 18.2. The molecule has 2 aromatic rings. The summed E-state index contributed by atoms with van der Waals surface area (Å²) in [5, 5.41) is 3.57. The van der Waals surface area contributed by atoms with Crippen LogP contribution in [0.1, 0.15) is 15.9 Å². The van der Waals surface area contributed by atoms with Gasteiger partial charge in [-0.25, -0.2) is 0 Å². The van der Waals surface area contributed by atoms with Crippen LogP contribution in [0.4, 0.5) is 0 Å². The Labute approximate surface area is 164 Å². The largest absolute Gasteiger partial charge is 0.484 e. The fraction of sp³-hybridized carbons (Fsp3) is 0.263. The molecule has 0 aliphatic heterocycles. The number of ether oxygens (including phenoxy) is 1. The maximum atomic E-state index is 12.4. The third kappa shape index (κ3) is 6.33. The van der Waals surface area contributed by atoms with E-state index < -0.39 is 0 Å². The Morgan fingerprint density at radius 3 is 2.12 bits per heavy atom. The average Bonchev–Trinajstić information content (AvgIpc) is 2.64. The fourth-order valence-corrected chi connectivity index (χ4v) is 2.26. The highest BCUT2D eigenvalue weighted by Crippen LogP contribution is 2.17. The van der Waals surface area contributed by atoms with Gasteiger partial charge >= 0.3 is 0 Å². The van der Waals surface area contributed by atoms with Gasteiger partial charge in [-0.1, -0.05) is 11.6 Å². The molecule has 2 aromatic carbocycles. The van der Waals surface area contributed by atoms with Crippen LogP contribution in [0.15, 0.2) is 48.5 Å². The van der Waals surface area contributed by atoms with Gasteiger partial charge in [0.05, 0.1) is 0 Å². The number of amides is 1. The van der Waals surface area contributed by atoms with E-state index >= 15 is 0 Å². The highest BCUT2D eigenvalue weighted by molar-refractivity contribution is 6.30. The van der Waals surface area contributed by atoms with Gasteiger partial charge < -0.3 is 15.0 Å². The van der Waals surface area contributed by atoms with Crippen molar-refractivity contribution in [3.05, 3.63) is 64.7 Å². The van der Waals surface area contributed by atoms with Gasteiger partial charge in [-0.2, -0.15) is 0 Å². The van der Waals surface area contributed by atoms with Crippen molar-refractivity contribution in [1.82, 2.24) is 10.2 Å². The third-order valence-electron chi connectivity index (χ3n) is 3.71. The molecule has 7 heteroatoms. The molecule has 0 aromatic heterocycles. The molecule has 2 rings (SSSR count). The van der Waals surface area contributed by atoms with E-state index in [1.165, 1.54) is 0 Å².